The maximum absolute atomic E-state index is 12.0. The molecule has 0 unspecified atom stereocenters. The van der Waals surface area contributed by atoms with Gasteiger partial charge in [-0.05, 0) is 58.2 Å². The molecule has 0 amide bonds. The Hall–Kier alpha value is -0.170. The molecule has 2 heterocycles. The van der Waals surface area contributed by atoms with E-state index in [-0.39, 0.29) is 0 Å². The highest BCUT2D eigenvalue weighted by atomic mass is 32.2. The Kier molecular flexibility index (Phi) is 6.06. The van der Waals surface area contributed by atoms with Crippen molar-refractivity contribution < 1.29 is 8.42 Å². The van der Waals surface area contributed by atoms with Crippen molar-refractivity contribution in [2.75, 3.05) is 39.3 Å². The van der Waals surface area contributed by atoms with Crippen LogP contribution in [0, 0.1) is 6.42 Å². The molecule has 2 aliphatic rings. The molecule has 0 aromatic rings. The Balaban J connectivity index is 1.63. The third-order valence-corrected chi connectivity index (χ3v) is 5.50. The van der Waals surface area contributed by atoms with Crippen LogP contribution in [0.25, 0.3) is 0 Å². The van der Waals surface area contributed by atoms with Gasteiger partial charge in [-0.25, -0.2) is 4.72 Å². The third kappa shape index (κ3) is 5.02. The second kappa shape index (κ2) is 7.57. The van der Waals surface area contributed by atoms with Crippen molar-refractivity contribution in [2.24, 2.45) is 0 Å². The van der Waals surface area contributed by atoms with E-state index in [1.165, 1.54) is 32.4 Å². The first-order valence-electron chi connectivity index (χ1n) is 7.47. The van der Waals surface area contributed by atoms with Crippen LogP contribution in [0.1, 0.15) is 38.5 Å². The molecule has 0 aromatic heterocycles. The molecule has 0 atom stereocenters. The molecule has 1 N–H and O–H groups in total. The van der Waals surface area contributed by atoms with Gasteiger partial charge in [0.15, 0.2) is 0 Å². The minimum absolute atomic E-state index is 0.555. The highest BCUT2D eigenvalue weighted by Crippen LogP contribution is 2.11. The van der Waals surface area contributed by atoms with Gasteiger partial charge in [-0.1, -0.05) is 6.42 Å². The predicted octanol–water partition coefficient (Wildman–Crippen LogP) is 0.997. The molecule has 19 heavy (non-hydrogen) atoms. The first-order chi connectivity index (χ1) is 9.18. The minimum atomic E-state index is -3.24. The van der Waals surface area contributed by atoms with E-state index >= 15 is 0 Å². The van der Waals surface area contributed by atoms with Crippen molar-refractivity contribution >= 4 is 10.2 Å². The van der Waals surface area contributed by atoms with Crippen molar-refractivity contribution in [1.82, 2.24) is 13.9 Å². The number of hydrogen-bond donors (Lipinski definition) is 1. The molecule has 2 aliphatic heterocycles. The molecule has 0 aromatic carbocycles. The van der Waals surface area contributed by atoms with Crippen LogP contribution in [-0.4, -0.2) is 56.9 Å². The SMILES string of the molecule is O=S(=O)(NCCCN1CCCCC1)N1CC[CH]CC1. The zero-order valence-electron chi connectivity index (χ0n) is 11.7. The van der Waals surface area contributed by atoms with E-state index < -0.39 is 10.2 Å². The van der Waals surface area contributed by atoms with Crippen molar-refractivity contribution in [1.29, 1.82) is 0 Å². The standard InChI is InChI=1S/C13H26N3O2S/c17-19(18,16-12-5-2-6-13-16)14-8-7-11-15-9-3-1-4-10-15/h2,14H,1,3-13H2. The third-order valence-electron chi connectivity index (χ3n) is 3.89. The van der Waals surface area contributed by atoms with Crippen LogP contribution in [0.4, 0.5) is 0 Å². The second-order valence-electron chi connectivity index (χ2n) is 5.42. The first kappa shape index (κ1) is 15.2. The van der Waals surface area contributed by atoms with Crippen molar-refractivity contribution in [3.63, 3.8) is 0 Å². The van der Waals surface area contributed by atoms with Gasteiger partial charge in [0.2, 0.25) is 0 Å². The average Bonchev–Trinajstić information content (AvgIpc) is 2.46. The Morgan fingerprint density at radius 1 is 1.00 bits per heavy atom. The number of hydrogen-bond acceptors (Lipinski definition) is 3. The lowest BCUT2D eigenvalue weighted by atomic mass is 10.1. The van der Waals surface area contributed by atoms with Crippen LogP contribution in [0.3, 0.4) is 0 Å². The van der Waals surface area contributed by atoms with E-state index in [4.69, 9.17) is 0 Å². The molecule has 2 saturated heterocycles. The molecule has 2 rings (SSSR count). The van der Waals surface area contributed by atoms with Crippen molar-refractivity contribution in [3.8, 4) is 0 Å². The Labute approximate surface area is 117 Å². The van der Waals surface area contributed by atoms with Crippen molar-refractivity contribution in [2.45, 2.75) is 38.5 Å². The fourth-order valence-corrected chi connectivity index (χ4v) is 4.02. The van der Waals surface area contributed by atoms with Crippen LogP contribution in [-0.2, 0) is 10.2 Å². The molecular formula is C13H26N3O2S. The zero-order chi connectivity index (χ0) is 13.6. The van der Waals surface area contributed by atoms with Gasteiger partial charge in [0, 0.05) is 19.6 Å². The predicted molar refractivity (Wildman–Crippen MR) is 76.9 cm³/mol. The second-order valence-corrected chi connectivity index (χ2v) is 7.18. The molecular weight excluding hydrogens is 262 g/mol. The lowest BCUT2D eigenvalue weighted by Gasteiger charge is -2.27. The van der Waals surface area contributed by atoms with E-state index in [1.54, 1.807) is 4.31 Å². The molecule has 0 bridgehead atoms. The minimum Gasteiger partial charge on any atom is -0.303 e. The van der Waals surface area contributed by atoms with Gasteiger partial charge >= 0.3 is 0 Å². The summed E-state index contributed by atoms with van der Waals surface area (Å²) in [4.78, 5) is 2.44. The summed E-state index contributed by atoms with van der Waals surface area (Å²) >= 11 is 0. The summed E-state index contributed by atoms with van der Waals surface area (Å²) in [6, 6.07) is 0. The highest BCUT2D eigenvalue weighted by molar-refractivity contribution is 7.87. The van der Waals surface area contributed by atoms with Crippen LogP contribution in [0.5, 0.6) is 0 Å². The van der Waals surface area contributed by atoms with Gasteiger partial charge in [-0.15, -0.1) is 0 Å². The summed E-state index contributed by atoms with van der Waals surface area (Å²) in [5.74, 6) is 0. The van der Waals surface area contributed by atoms with Gasteiger partial charge in [0.25, 0.3) is 10.2 Å². The molecule has 2 fully saturated rings. The quantitative estimate of drug-likeness (QED) is 0.742. The highest BCUT2D eigenvalue weighted by Gasteiger charge is 2.23. The number of nitrogens with zero attached hydrogens (tertiary/aromatic N) is 2. The largest absolute Gasteiger partial charge is 0.303 e. The molecule has 1 radical (unpaired) electrons. The number of likely N-dealkylation sites (tertiary alicyclic amines) is 1. The molecule has 0 aliphatic carbocycles. The lowest BCUT2D eigenvalue weighted by molar-refractivity contribution is 0.227. The van der Waals surface area contributed by atoms with Gasteiger partial charge in [0.05, 0.1) is 0 Å². The first-order valence-corrected chi connectivity index (χ1v) is 8.91. The monoisotopic (exact) mass is 288 g/mol. The molecule has 6 heteroatoms. The summed E-state index contributed by atoms with van der Waals surface area (Å²) in [5, 5.41) is 0. The van der Waals surface area contributed by atoms with E-state index in [9.17, 15) is 8.42 Å². The van der Waals surface area contributed by atoms with E-state index in [0.717, 1.165) is 25.8 Å². The van der Waals surface area contributed by atoms with E-state index in [0.29, 0.717) is 19.6 Å². The van der Waals surface area contributed by atoms with Crippen LogP contribution < -0.4 is 4.72 Å². The van der Waals surface area contributed by atoms with Gasteiger partial charge in [-0.2, -0.15) is 12.7 Å². The van der Waals surface area contributed by atoms with E-state index in [2.05, 4.69) is 16.0 Å². The molecule has 5 nitrogen and oxygen atoms in total. The van der Waals surface area contributed by atoms with Crippen LogP contribution >= 0.6 is 0 Å². The maximum Gasteiger partial charge on any atom is 0.279 e. The van der Waals surface area contributed by atoms with Gasteiger partial charge in [-0.3, -0.25) is 0 Å². The molecule has 111 valence electrons. The fraction of sp³-hybridized carbons (Fsp3) is 0.923. The fourth-order valence-electron chi connectivity index (χ4n) is 2.75. The smallest absolute Gasteiger partial charge is 0.279 e. The maximum atomic E-state index is 12.0. The summed E-state index contributed by atoms with van der Waals surface area (Å²) in [6.45, 7) is 5.17. The molecule has 0 spiro atoms. The Bertz CT molecular complexity index is 347. The summed E-state index contributed by atoms with van der Waals surface area (Å²) in [7, 11) is -3.24. The van der Waals surface area contributed by atoms with Crippen molar-refractivity contribution in [3.05, 3.63) is 6.42 Å². The van der Waals surface area contributed by atoms with Gasteiger partial charge in [0.1, 0.15) is 0 Å². The normalized spacial score (nSPS) is 23.6. The Morgan fingerprint density at radius 3 is 2.37 bits per heavy atom. The van der Waals surface area contributed by atoms with Crippen LogP contribution in [0.2, 0.25) is 0 Å². The lowest BCUT2D eigenvalue weighted by Crippen LogP contribution is -2.44. The number of piperidine rings is 2. The summed E-state index contributed by atoms with van der Waals surface area (Å²) in [5.41, 5.74) is 0. The van der Waals surface area contributed by atoms with Crippen LogP contribution in [0.15, 0.2) is 0 Å². The number of nitrogens with one attached hydrogen (secondary N) is 1. The topological polar surface area (TPSA) is 52.7 Å². The zero-order valence-corrected chi connectivity index (χ0v) is 12.5. The molecule has 0 saturated carbocycles. The summed E-state index contributed by atoms with van der Waals surface area (Å²) < 4.78 is 28.3. The van der Waals surface area contributed by atoms with E-state index in [1.807, 2.05) is 0 Å². The summed E-state index contributed by atoms with van der Waals surface area (Å²) in [6.07, 6.45) is 8.71. The Morgan fingerprint density at radius 2 is 1.68 bits per heavy atom. The number of rotatable bonds is 6. The van der Waals surface area contributed by atoms with Gasteiger partial charge < -0.3 is 4.90 Å². The average molecular weight is 288 g/mol.